The fraction of sp³-hybridized carbons (Fsp3) is 0.588. The number of rotatable bonds is 3. The summed E-state index contributed by atoms with van der Waals surface area (Å²) in [7, 11) is 2.04. The lowest BCUT2D eigenvalue weighted by Gasteiger charge is -2.38. The van der Waals surface area contributed by atoms with E-state index in [-0.39, 0.29) is 0 Å². The fourth-order valence-electron chi connectivity index (χ4n) is 3.58. The first-order valence-electron chi connectivity index (χ1n) is 8.10. The van der Waals surface area contributed by atoms with Gasteiger partial charge in [0.25, 0.3) is 0 Å². The second-order valence-corrected chi connectivity index (χ2v) is 6.72. The van der Waals surface area contributed by atoms with Crippen LogP contribution in [0.4, 0.5) is 0 Å². The van der Waals surface area contributed by atoms with E-state index in [2.05, 4.69) is 41.4 Å². The van der Waals surface area contributed by atoms with Crippen LogP contribution in [0.5, 0.6) is 0 Å². The van der Waals surface area contributed by atoms with E-state index in [1.807, 2.05) is 11.7 Å². The smallest absolute Gasteiger partial charge is 0.0843 e. The first-order chi connectivity index (χ1) is 10.2. The number of nitrogens with one attached hydrogen (secondary N) is 1. The first kappa shape index (κ1) is 13.3. The molecule has 2 aliphatic rings. The lowest BCUT2D eigenvalue weighted by molar-refractivity contribution is 0.124. The highest BCUT2D eigenvalue weighted by Gasteiger charge is 2.36. The van der Waals surface area contributed by atoms with Crippen LogP contribution in [0.3, 0.4) is 0 Å². The molecule has 1 aromatic carbocycles. The van der Waals surface area contributed by atoms with Gasteiger partial charge in [0.15, 0.2) is 0 Å². The molecular weight excluding hydrogens is 260 g/mol. The van der Waals surface area contributed by atoms with Crippen molar-refractivity contribution >= 4 is 10.9 Å². The van der Waals surface area contributed by atoms with Gasteiger partial charge in [0.05, 0.1) is 11.2 Å². The highest BCUT2D eigenvalue weighted by atomic mass is 15.3. The average molecular weight is 284 g/mol. The zero-order valence-electron chi connectivity index (χ0n) is 12.9. The number of nitrogens with zero attached hydrogens (tertiary/aromatic N) is 3. The van der Waals surface area contributed by atoms with Crippen LogP contribution in [-0.2, 0) is 13.6 Å². The molecule has 2 heterocycles. The molecule has 1 saturated heterocycles. The third-order valence-corrected chi connectivity index (χ3v) is 5.11. The Hall–Kier alpha value is -1.39. The first-order valence-corrected chi connectivity index (χ1v) is 8.10. The molecule has 0 bridgehead atoms. The van der Waals surface area contributed by atoms with Crippen LogP contribution >= 0.6 is 0 Å². The summed E-state index contributed by atoms with van der Waals surface area (Å²) in [5, 5.41) is 9.78. The highest BCUT2D eigenvalue weighted by Crippen LogP contribution is 2.34. The molecule has 2 unspecified atom stereocenters. The van der Waals surface area contributed by atoms with Gasteiger partial charge in [-0.25, -0.2) is 0 Å². The van der Waals surface area contributed by atoms with E-state index in [0.717, 1.165) is 25.6 Å². The Labute approximate surface area is 126 Å². The molecule has 1 aromatic heterocycles. The number of aromatic nitrogens is 2. The Bertz CT molecular complexity index is 643. The highest BCUT2D eigenvalue weighted by molar-refractivity contribution is 5.81. The molecule has 2 aromatic rings. The van der Waals surface area contributed by atoms with E-state index in [1.54, 1.807) is 0 Å². The van der Waals surface area contributed by atoms with Crippen LogP contribution in [0, 0.1) is 5.92 Å². The Kier molecular flexibility index (Phi) is 3.23. The van der Waals surface area contributed by atoms with E-state index in [0.29, 0.717) is 12.1 Å². The summed E-state index contributed by atoms with van der Waals surface area (Å²) in [4.78, 5) is 2.61. The molecule has 1 aliphatic carbocycles. The molecule has 2 atom stereocenters. The summed E-state index contributed by atoms with van der Waals surface area (Å²) in [6.07, 6.45) is 2.82. The summed E-state index contributed by atoms with van der Waals surface area (Å²) in [6.45, 7) is 5.55. The number of aryl methyl sites for hydroxylation is 1. The molecule has 0 spiro atoms. The summed E-state index contributed by atoms with van der Waals surface area (Å²) in [5.41, 5.74) is 2.45. The number of para-hydroxylation sites is 1. The standard InChI is InChI=1S/C17H24N4/c1-12-9-18-15(13-7-8-13)10-21(12)11-16-14-5-3-4-6-17(14)20(2)19-16/h3-6,12-13,15,18H,7-11H2,1-2H3. The fourth-order valence-corrected chi connectivity index (χ4v) is 3.58. The Balaban J connectivity index is 1.58. The van der Waals surface area contributed by atoms with Gasteiger partial charge < -0.3 is 5.32 Å². The molecule has 0 amide bonds. The summed E-state index contributed by atoms with van der Waals surface area (Å²) < 4.78 is 2.01. The van der Waals surface area contributed by atoms with E-state index in [1.165, 1.54) is 29.4 Å². The van der Waals surface area contributed by atoms with Gasteiger partial charge in [0, 0.05) is 44.2 Å². The summed E-state index contributed by atoms with van der Waals surface area (Å²) in [6, 6.07) is 9.83. The van der Waals surface area contributed by atoms with Gasteiger partial charge in [0.1, 0.15) is 0 Å². The largest absolute Gasteiger partial charge is 0.311 e. The second-order valence-electron chi connectivity index (χ2n) is 6.72. The van der Waals surface area contributed by atoms with Crippen molar-refractivity contribution in [1.82, 2.24) is 20.0 Å². The van der Waals surface area contributed by atoms with Crippen LogP contribution in [0.25, 0.3) is 10.9 Å². The third kappa shape index (κ3) is 2.47. The number of hydrogen-bond acceptors (Lipinski definition) is 3. The molecule has 21 heavy (non-hydrogen) atoms. The SMILES string of the molecule is CC1CNC(C2CC2)CN1Cc1nn(C)c2ccccc12. The molecule has 1 saturated carbocycles. The van der Waals surface area contributed by atoms with Crippen molar-refractivity contribution in [2.45, 2.75) is 38.4 Å². The number of benzene rings is 1. The monoisotopic (exact) mass is 284 g/mol. The molecule has 1 N–H and O–H groups in total. The van der Waals surface area contributed by atoms with Gasteiger partial charge in [-0.1, -0.05) is 18.2 Å². The molecular formula is C17H24N4. The number of hydrogen-bond donors (Lipinski definition) is 1. The summed E-state index contributed by atoms with van der Waals surface area (Å²) >= 11 is 0. The van der Waals surface area contributed by atoms with Gasteiger partial charge in [0.2, 0.25) is 0 Å². The quantitative estimate of drug-likeness (QED) is 0.937. The normalized spacial score (nSPS) is 27.3. The number of piperazine rings is 1. The zero-order valence-corrected chi connectivity index (χ0v) is 12.9. The average Bonchev–Trinajstić information content (AvgIpc) is 3.29. The van der Waals surface area contributed by atoms with Crippen molar-refractivity contribution in [3.63, 3.8) is 0 Å². The zero-order chi connectivity index (χ0) is 14.4. The second kappa shape index (κ2) is 5.11. The molecule has 4 heteroatoms. The van der Waals surface area contributed by atoms with E-state index in [9.17, 15) is 0 Å². The van der Waals surface area contributed by atoms with Crippen molar-refractivity contribution in [1.29, 1.82) is 0 Å². The maximum atomic E-state index is 4.76. The van der Waals surface area contributed by atoms with E-state index in [4.69, 9.17) is 5.10 Å². The molecule has 2 fully saturated rings. The molecule has 4 nitrogen and oxygen atoms in total. The van der Waals surface area contributed by atoms with Gasteiger partial charge in [-0.15, -0.1) is 0 Å². The number of fused-ring (bicyclic) bond motifs is 1. The predicted molar refractivity (Wildman–Crippen MR) is 85.1 cm³/mol. The third-order valence-electron chi connectivity index (χ3n) is 5.11. The van der Waals surface area contributed by atoms with Gasteiger partial charge in [-0.05, 0) is 31.7 Å². The van der Waals surface area contributed by atoms with Gasteiger partial charge in [-0.2, -0.15) is 5.10 Å². The molecule has 1 aliphatic heterocycles. The minimum atomic E-state index is 0.584. The van der Waals surface area contributed by atoms with Crippen molar-refractivity contribution < 1.29 is 0 Å². The van der Waals surface area contributed by atoms with Gasteiger partial charge in [-0.3, -0.25) is 9.58 Å². The lowest BCUT2D eigenvalue weighted by Crippen LogP contribution is -2.55. The van der Waals surface area contributed by atoms with Crippen LogP contribution in [0.15, 0.2) is 24.3 Å². The minimum Gasteiger partial charge on any atom is -0.311 e. The minimum absolute atomic E-state index is 0.584. The van der Waals surface area contributed by atoms with Crippen molar-refractivity contribution in [2.24, 2.45) is 13.0 Å². The predicted octanol–water partition coefficient (Wildman–Crippen LogP) is 2.15. The molecule has 0 radical (unpaired) electrons. The lowest BCUT2D eigenvalue weighted by atomic mass is 10.1. The van der Waals surface area contributed by atoms with Crippen molar-refractivity contribution in [3.8, 4) is 0 Å². The van der Waals surface area contributed by atoms with E-state index >= 15 is 0 Å². The molecule has 4 rings (SSSR count). The topological polar surface area (TPSA) is 33.1 Å². The van der Waals surface area contributed by atoms with Gasteiger partial charge >= 0.3 is 0 Å². The van der Waals surface area contributed by atoms with Crippen LogP contribution in [0.1, 0.15) is 25.5 Å². The maximum absolute atomic E-state index is 4.76. The Morgan fingerprint density at radius 3 is 2.90 bits per heavy atom. The molecule has 112 valence electrons. The van der Waals surface area contributed by atoms with Crippen LogP contribution in [-0.4, -0.2) is 39.9 Å². The van der Waals surface area contributed by atoms with Crippen LogP contribution in [0.2, 0.25) is 0 Å². The Morgan fingerprint density at radius 1 is 1.29 bits per heavy atom. The summed E-state index contributed by atoms with van der Waals surface area (Å²) in [5.74, 6) is 0.917. The van der Waals surface area contributed by atoms with E-state index < -0.39 is 0 Å². The van der Waals surface area contributed by atoms with Crippen LogP contribution < -0.4 is 5.32 Å². The maximum Gasteiger partial charge on any atom is 0.0843 e. The van der Waals surface area contributed by atoms with Crippen molar-refractivity contribution in [2.75, 3.05) is 13.1 Å². The Morgan fingerprint density at radius 2 is 2.10 bits per heavy atom. The van der Waals surface area contributed by atoms with Crippen molar-refractivity contribution in [3.05, 3.63) is 30.0 Å².